The van der Waals surface area contributed by atoms with Crippen molar-refractivity contribution >= 4 is 39.4 Å². The van der Waals surface area contributed by atoms with Crippen molar-refractivity contribution in [2.24, 2.45) is 0 Å². The van der Waals surface area contributed by atoms with E-state index in [1.807, 2.05) is 36.6 Å². The molecule has 32 heavy (non-hydrogen) atoms. The van der Waals surface area contributed by atoms with E-state index in [-0.39, 0.29) is 23.2 Å². The van der Waals surface area contributed by atoms with E-state index in [0.717, 1.165) is 16.0 Å². The van der Waals surface area contributed by atoms with Crippen LogP contribution in [0.4, 0.5) is 5.82 Å². The van der Waals surface area contributed by atoms with Crippen LogP contribution in [0, 0.1) is 0 Å². The van der Waals surface area contributed by atoms with Crippen molar-refractivity contribution in [2.75, 3.05) is 11.1 Å². The molecule has 1 N–H and O–H groups in total. The summed E-state index contributed by atoms with van der Waals surface area (Å²) in [5, 5.41) is 12.1. The number of nitrogens with one attached hydrogen (secondary N) is 1. The third-order valence-electron chi connectivity index (χ3n) is 4.79. The second-order valence-electron chi connectivity index (χ2n) is 8.32. The van der Waals surface area contributed by atoms with Crippen molar-refractivity contribution < 1.29 is 9.53 Å². The summed E-state index contributed by atoms with van der Waals surface area (Å²) in [6.07, 6.45) is 1.36. The average molecular weight is 518 g/mol. The van der Waals surface area contributed by atoms with Gasteiger partial charge in [-0.2, -0.15) is 0 Å². The van der Waals surface area contributed by atoms with Crippen molar-refractivity contribution in [2.45, 2.75) is 57.8 Å². The van der Waals surface area contributed by atoms with Gasteiger partial charge in [0.1, 0.15) is 11.6 Å². The van der Waals surface area contributed by atoms with Crippen LogP contribution in [-0.2, 0) is 16.8 Å². The van der Waals surface area contributed by atoms with Gasteiger partial charge in [-0.15, -0.1) is 10.2 Å². The molecule has 1 unspecified atom stereocenters. The molecular formula is C23H28BrN5O2S. The molecule has 0 bridgehead atoms. The minimum absolute atomic E-state index is 0.0956. The highest BCUT2D eigenvalue weighted by atomic mass is 79.9. The summed E-state index contributed by atoms with van der Waals surface area (Å²) in [4.78, 5) is 16.4. The predicted molar refractivity (Wildman–Crippen MR) is 131 cm³/mol. The van der Waals surface area contributed by atoms with E-state index in [2.05, 4.69) is 69.3 Å². The summed E-state index contributed by atoms with van der Waals surface area (Å²) in [6, 6.07) is 11.7. The molecule has 2 aromatic heterocycles. The van der Waals surface area contributed by atoms with Crippen LogP contribution in [0.1, 0.15) is 52.1 Å². The lowest BCUT2D eigenvalue weighted by Crippen LogP contribution is -2.16. The second kappa shape index (κ2) is 10.5. The predicted octanol–water partition coefficient (Wildman–Crippen LogP) is 5.62. The maximum Gasteiger partial charge on any atom is 0.236 e. The third-order valence-corrected chi connectivity index (χ3v) is 6.22. The summed E-state index contributed by atoms with van der Waals surface area (Å²) in [7, 11) is 0. The second-order valence-corrected chi connectivity index (χ2v) is 10.2. The number of ether oxygens (including phenoxy) is 1. The zero-order chi connectivity index (χ0) is 23.3. The molecule has 3 aromatic rings. The van der Waals surface area contributed by atoms with Crippen molar-refractivity contribution in [3.05, 3.63) is 58.5 Å². The van der Waals surface area contributed by atoms with Gasteiger partial charge in [0.2, 0.25) is 5.91 Å². The summed E-state index contributed by atoms with van der Waals surface area (Å²) in [5.74, 6) is 2.08. The smallest absolute Gasteiger partial charge is 0.236 e. The van der Waals surface area contributed by atoms with Crippen LogP contribution in [-0.4, -0.2) is 31.4 Å². The number of carbonyl (C=O) groups excluding carboxylic acids is 1. The Bertz CT molecular complexity index is 1050. The molecule has 0 fully saturated rings. The third kappa shape index (κ3) is 6.32. The Balaban J connectivity index is 1.62. The molecule has 0 saturated carbocycles. The molecule has 1 aromatic carbocycles. The topological polar surface area (TPSA) is 81.9 Å². The lowest BCUT2D eigenvalue weighted by molar-refractivity contribution is -0.113. The van der Waals surface area contributed by atoms with Gasteiger partial charge in [-0.1, -0.05) is 44.7 Å². The molecule has 9 heteroatoms. The molecule has 0 radical (unpaired) electrons. The maximum atomic E-state index is 12.3. The minimum atomic E-state index is -0.280. The van der Waals surface area contributed by atoms with Gasteiger partial charge in [0.05, 0.1) is 5.75 Å². The first-order valence-electron chi connectivity index (χ1n) is 10.4. The quantitative estimate of drug-likeness (QED) is 0.390. The molecule has 0 aliphatic rings. The highest BCUT2D eigenvalue weighted by molar-refractivity contribution is 9.10. The number of halogens is 1. The van der Waals surface area contributed by atoms with Gasteiger partial charge in [0, 0.05) is 17.2 Å². The van der Waals surface area contributed by atoms with Crippen LogP contribution in [0.2, 0.25) is 0 Å². The fourth-order valence-corrected chi connectivity index (χ4v) is 4.10. The molecule has 0 spiro atoms. The first-order chi connectivity index (χ1) is 15.2. The first-order valence-corrected chi connectivity index (χ1v) is 12.2. The SMILES string of the molecule is CCn1c(SCC(=O)Nc2ccc(Br)cn2)nnc1C(C)Oc1ccc(C(C)(C)C)cc1. The Morgan fingerprint density at radius 3 is 2.50 bits per heavy atom. The van der Waals surface area contributed by atoms with Gasteiger partial charge < -0.3 is 14.6 Å². The Kier molecular flexibility index (Phi) is 7.95. The van der Waals surface area contributed by atoms with Crippen molar-refractivity contribution in [3.8, 4) is 5.75 Å². The van der Waals surface area contributed by atoms with Gasteiger partial charge in [-0.05, 0) is 65.0 Å². The molecule has 2 heterocycles. The zero-order valence-electron chi connectivity index (χ0n) is 18.9. The van der Waals surface area contributed by atoms with Crippen LogP contribution in [0.15, 0.2) is 52.2 Å². The monoisotopic (exact) mass is 517 g/mol. The van der Waals surface area contributed by atoms with Gasteiger partial charge in [0.25, 0.3) is 0 Å². The molecule has 0 aliphatic carbocycles. The van der Waals surface area contributed by atoms with Crippen LogP contribution in [0.25, 0.3) is 0 Å². The van der Waals surface area contributed by atoms with Crippen molar-refractivity contribution in [3.63, 3.8) is 0 Å². The number of thioether (sulfide) groups is 1. The van der Waals surface area contributed by atoms with E-state index < -0.39 is 0 Å². The maximum absolute atomic E-state index is 12.3. The van der Waals surface area contributed by atoms with E-state index in [4.69, 9.17) is 4.74 Å². The molecule has 0 aliphatic heterocycles. The van der Waals surface area contributed by atoms with E-state index >= 15 is 0 Å². The number of hydrogen-bond donors (Lipinski definition) is 1. The standard InChI is InChI=1S/C23H28BrN5O2S/c1-6-29-21(15(2)31-18-10-7-16(8-11-18)23(3,4)5)27-28-22(29)32-14-20(30)26-19-12-9-17(24)13-25-19/h7-13,15H,6,14H2,1-5H3,(H,25,26,30). The van der Waals surface area contributed by atoms with Crippen LogP contribution in [0.3, 0.4) is 0 Å². The lowest BCUT2D eigenvalue weighted by atomic mass is 9.87. The van der Waals surface area contributed by atoms with Crippen molar-refractivity contribution in [1.82, 2.24) is 19.7 Å². The van der Waals surface area contributed by atoms with Crippen LogP contribution >= 0.6 is 27.7 Å². The van der Waals surface area contributed by atoms with Crippen LogP contribution < -0.4 is 10.1 Å². The van der Waals surface area contributed by atoms with Crippen molar-refractivity contribution in [1.29, 1.82) is 0 Å². The van der Waals surface area contributed by atoms with Gasteiger partial charge in [-0.25, -0.2) is 4.98 Å². The van der Waals surface area contributed by atoms with E-state index in [9.17, 15) is 4.79 Å². The van der Waals surface area contributed by atoms with Gasteiger partial charge in [0.15, 0.2) is 17.1 Å². The normalized spacial score (nSPS) is 12.4. The Labute approximate surface area is 201 Å². The number of hydrogen-bond acceptors (Lipinski definition) is 6. The number of pyridine rings is 1. The Morgan fingerprint density at radius 1 is 1.19 bits per heavy atom. The number of carbonyl (C=O) groups is 1. The van der Waals surface area contributed by atoms with Gasteiger partial charge >= 0.3 is 0 Å². The molecular weight excluding hydrogens is 490 g/mol. The molecule has 1 atom stereocenters. The number of benzene rings is 1. The van der Waals surface area contributed by atoms with E-state index in [0.29, 0.717) is 17.5 Å². The van der Waals surface area contributed by atoms with E-state index in [1.54, 1.807) is 12.3 Å². The molecule has 0 saturated heterocycles. The highest BCUT2D eigenvalue weighted by Gasteiger charge is 2.20. The molecule has 7 nitrogen and oxygen atoms in total. The van der Waals surface area contributed by atoms with E-state index in [1.165, 1.54) is 17.3 Å². The summed E-state index contributed by atoms with van der Waals surface area (Å²) < 4.78 is 8.95. The Morgan fingerprint density at radius 2 is 1.91 bits per heavy atom. The molecule has 170 valence electrons. The molecule has 1 amide bonds. The summed E-state index contributed by atoms with van der Waals surface area (Å²) in [6.45, 7) is 11.2. The number of rotatable bonds is 8. The number of nitrogens with zero attached hydrogens (tertiary/aromatic N) is 4. The Hall–Kier alpha value is -2.39. The average Bonchev–Trinajstić information content (AvgIpc) is 3.17. The fourth-order valence-electron chi connectivity index (χ4n) is 3.05. The zero-order valence-corrected chi connectivity index (χ0v) is 21.3. The summed E-state index contributed by atoms with van der Waals surface area (Å²) >= 11 is 4.66. The number of anilines is 1. The molecule has 3 rings (SSSR count). The summed E-state index contributed by atoms with van der Waals surface area (Å²) in [5.41, 5.74) is 1.35. The number of aromatic nitrogens is 4. The highest BCUT2D eigenvalue weighted by Crippen LogP contribution is 2.28. The minimum Gasteiger partial charge on any atom is -0.483 e. The largest absolute Gasteiger partial charge is 0.483 e. The fraction of sp³-hybridized carbons (Fsp3) is 0.391. The van der Waals surface area contributed by atoms with Crippen LogP contribution in [0.5, 0.6) is 5.75 Å². The number of amides is 1. The van der Waals surface area contributed by atoms with Gasteiger partial charge in [-0.3, -0.25) is 4.79 Å². The first kappa shape index (κ1) is 24.3. The lowest BCUT2D eigenvalue weighted by Gasteiger charge is -2.20.